The van der Waals surface area contributed by atoms with Crippen LogP contribution in [0.15, 0.2) is 24.4 Å². The molecule has 0 unspecified atom stereocenters. The van der Waals surface area contributed by atoms with Gasteiger partial charge in [0.2, 0.25) is 0 Å². The zero-order valence-electron chi connectivity index (χ0n) is 7.42. The van der Waals surface area contributed by atoms with E-state index in [-0.39, 0.29) is 0 Å². The summed E-state index contributed by atoms with van der Waals surface area (Å²) < 4.78 is 0. The van der Waals surface area contributed by atoms with Gasteiger partial charge < -0.3 is 0 Å². The molecule has 76 valence electrons. The van der Waals surface area contributed by atoms with Crippen molar-refractivity contribution in [2.24, 2.45) is 0 Å². The molecule has 2 nitrogen and oxygen atoms in total. The quantitative estimate of drug-likeness (QED) is 0.773. The summed E-state index contributed by atoms with van der Waals surface area (Å²) in [6.07, 6.45) is 7.62. The molecule has 0 atom stereocenters. The van der Waals surface area contributed by atoms with Crippen molar-refractivity contribution >= 4 is 26.1 Å². The van der Waals surface area contributed by atoms with Gasteiger partial charge in [-0.3, -0.25) is 5.32 Å². The first-order chi connectivity index (χ1) is 6.20. The molecule has 0 aromatic heterocycles. The van der Waals surface area contributed by atoms with E-state index in [1.807, 2.05) is 18.2 Å². The Morgan fingerprint density at radius 3 is 2.38 bits per heavy atom. The van der Waals surface area contributed by atoms with Crippen LogP contribution in [0, 0.1) is 0 Å². The number of hydrogen-bond acceptors (Lipinski definition) is 2. The molecule has 1 radical (unpaired) electrons. The predicted molar refractivity (Wildman–Crippen MR) is 55.4 cm³/mol. The van der Waals surface area contributed by atoms with Crippen LogP contribution in [0.1, 0.15) is 13.8 Å². The van der Waals surface area contributed by atoms with Crippen molar-refractivity contribution in [3.05, 3.63) is 24.4 Å². The van der Waals surface area contributed by atoms with Crippen LogP contribution >= 0.6 is 20.3 Å². The van der Waals surface area contributed by atoms with Crippen LogP contribution in [0.25, 0.3) is 0 Å². The second kappa shape index (κ2) is 8.63. The Morgan fingerprint density at radius 2 is 2.00 bits per heavy atom. The van der Waals surface area contributed by atoms with E-state index in [9.17, 15) is 0 Å². The molecule has 0 spiro atoms. The van der Waals surface area contributed by atoms with Crippen molar-refractivity contribution in [3.8, 4) is 0 Å². The third-order valence-corrected chi connectivity index (χ3v) is 1.10. The zero-order valence-corrected chi connectivity index (χ0v) is 9.98. The first-order valence-corrected chi connectivity index (χ1v) is 6.58. The van der Waals surface area contributed by atoms with Crippen molar-refractivity contribution in [2.75, 3.05) is 0 Å². The van der Waals surface area contributed by atoms with Crippen molar-refractivity contribution in [2.45, 2.75) is 19.9 Å². The fraction of sp³-hybridized carbons (Fsp3) is 0.375. The van der Waals surface area contributed by atoms with Gasteiger partial charge in [0.1, 0.15) is 6.20 Å². The number of nitrogens with one attached hydrogen (secondary N) is 1. The molecular weight excluding hydrogens is 254 g/mol. The summed E-state index contributed by atoms with van der Waals surface area (Å²) in [5.74, 6) is 0.942. The van der Waals surface area contributed by atoms with Crippen molar-refractivity contribution in [3.63, 3.8) is 0 Å². The summed E-state index contributed by atoms with van der Waals surface area (Å²) >= 11 is 0.382. The molecule has 1 N–H and O–H groups in total. The fourth-order valence-electron chi connectivity index (χ4n) is 0.744. The van der Waals surface area contributed by atoms with Crippen molar-refractivity contribution in [1.29, 1.82) is 0 Å². The molecule has 0 bridgehead atoms. The van der Waals surface area contributed by atoms with E-state index in [1.165, 1.54) is 0 Å². The fourth-order valence-corrected chi connectivity index (χ4v) is 0.744. The molecule has 0 aliphatic carbocycles. The van der Waals surface area contributed by atoms with Gasteiger partial charge >= 0.3 is 39.0 Å². The maximum atomic E-state index is 4.73. The third kappa shape index (κ3) is 8.37. The minimum atomic E-state index is 0.382. The number of aliphatic imine (C=N–C) groups is 1. The van der Waals surface area contributed by atoms with E-state index in [4.69, 9.17) is 20.3 Å². The first-order valence-electron chi connectivity index (χ1n) is 3.72. The average Bonchev–Trinajstić information content (AvgIpc) is 2.06. The Kier molecular flexibility index (Phi) is 8.65. The summed E-state index contributed by atoms with van der Waals surface area (Å²) in [5.41, 5.74) is 0. The summed E-state index contributed by atoms with van der Waals surface area (Å²) in [6.45, 7) is 4.18. The molecule has 5 heteroatoms. The van der Waals surface area contributed by atoms with E-state index in [0.717, 1.165) is 5.84 Å². The van der Waals surface area contributed by atoms with Crippen LogP contribution in [-0.4, -0.2) is 11.9 Å². The van der Waals surface area contributed by atoms with Crippen LogP contribution in [0.3, 0.4) is 0 Å². The Labute approximate surface area is 93.6 Å². The monoisotopic (exact) mass is 265 g/mol. The predicted octanol–water partition coefficient (Wildman–Crippen LogP) is 2.18. The van der Waals surface area contributed by atoms with Crippen LogP contribution in [-0.2, 0) is 12.9 Å². The minimum absolute atomic E-state index is 0.382. The normalized spacial score (nSPS) is 13.8. The number of hydrogen-bond donors (Lipinski definition) is 1. The van der Waals surface area contributed by atoms with E-state index >= 15 is 0 Å². The van der Waals surface area contributed by atoms with Crippen LogP contribution < -0.4 is 10.3 Å². The van der Waals surface area contributed by atoms with Crippen LogP contribution in [0.4, 0.5) is 0 Å². The Bertz CT molecular complexity index is 212. The van der Waals surface area contributed by atoms with Gasteiger partial charge in [-0.1, -0.05) is 11.1 Å². The molecule has 0 fully saturated rings. The molecular formula is C8H12Cl2CoN2+. The van der Waals surface area contributed by atoms with Gasteiger partial charge in [0.05, 0.1) is 6.04 Å². The Morgan fingerprint density at radius 1 is 1.38 bits per heavy atom. The molecule has 13 heavy (non-hydrogen) atoms. The molecule has 0 aromatic carbocycles. The van der Waals surface area contributed by atoms with E-state index in [1.54, 1.807) is 6.20 Å². The molecule has 1 aliphatic rings. The number of amidine groups is 1. The second-order valence-corrected chi connectivity index (χ2v) is 4.28. The molecule has 1 rings (SSSR count). The topological polar surface area (TPSA) is 26.1 Å². The summed E-state index contributed by atoms with van der Waals surface area (Å²) in [7, 11) is 9.47. The Hall–Kier alpha value is 0.0365. The second-order valence-electron chi connectivity index (χ2n) is 2.56. The molecule has 0 aromatic rings. The van der Waals surface area contributed by atoms with E-state index in [0.29, 0.717) is 18.9 Å². The van der Waals surface area contributed by atoms with Crippen molar-refractivity contribution < 1.29 is 12.9 Å². The number of nitrogens with zero attached hydrogens (tertiary/aromatic N) is 1. The van der Waals surface area contributed by atoms with Crippen LogP contribution in [0.5, 0.6) is 0 Å². The summed E-state index contributed by atoms with van der Waals surface area (Å²) in [6, 6.07) is 0.454. The summed E-state index contributed by atoms with van der Waals surface area (Å²) in [5, 5.41) is 3.19. The van der Waals surface area contributed by atoms with Gasteiger partial charge in [-0.15, -0.1) is 0 Å². The average molecular weight is 266 g/mol. The van der Waals surface area contributed by atoms with Gasteiger partial charge in [-0.05, 0) is 19.9 Å². The Balaban J connectivity index is 0.000000424. The third-order valence-electron chi connectivity index (χ3n) is 1.10. The van der Waals surface area contributed by atoms with Crippen LogP contribution in [0.2, 0.25) is 0 Å². The summed E-state index contributed by atoms with van der Waals surface area (Å²) in [4.78, 5) is 4.11. The molecule has 0 saturated heterocycles. The van der Waals surface area contributed by atoms with E-state index < -0.39 is 0 Å². The maximum absolute atomic E-state index is 4.73. The zero-order chi connectivity index (χ0) is 10.1. The SMILES string of the molecule is CC(C)NC1=[N+]C=CC=C1.[Cl][Co][Cl]. The number of allylic oxidation sites excluding steroid dienone is 2. The van der Waals surface area contributed by atoms with Crippen molar-refractivity contribution in [1.82, 2.24) is 10.3 Å². The van der Waals surface area contributed by atoms with Gasteiger partial charge in [0, 0.05) is 6.08 Å². The molecule has 0 amide bonds. The van der Waals surface area contributed by atoms with Gasteiger partial charge in [0.15, 0.2) is 0 Å². The first kappa shape index (κ1) is 13.0. The number of halogens is 2. The number of rotatable bonds is 1. The molecule has 0 saturated carbocycles. The molecule has 1 aliphatic heterocycles. The van der Waals surface area contributed by atoms with E-state index in [2.05, 4.69) is 24.2 Å². The van der Waals surface area contributed by atoms with Gasteiger partial charge in [-0.2, -0.15) is 0 Å². The molecule has 1 heterocycles. The van der Waals surface area contributed by atoms with Gasteiger partial charge in [0.25, 0.3) is 0 Å². The van der Waals surface area contributed by atoms with Gasteiger partial charge in [-0.25, -0.2) is 0 Å². The standard InChI is InChI=1S/C8H12N2.2ClH.Co/c1-7(2)10-8-5-3-4-6-9-8;;;/h3-7,10H,1-2H3;2*1H;/q+1;;;+2/p-2.